The zero-order valence-electron chi connectivity index (χ0n) is 14.8. The molecule has 1 N–H and O–H groups in total. The van der Waals surface area contributed by atoms with Crippen LogP contribution in [0.5, 0.6) is 0 Å². The molecular weight excluding hydrogens is 342 g/mol. The zero-order valence-corrected chi connectivity index (χ0v) is 15.5. The Kier molecular flexibility index (Phi) is 6.08. The van der Waals surface area contributed by atoms with Crippen LogP contribution >= 0.6 is 11.6 Å². The second-order valence-electron chi connectivity index (χ2n) is 6.45. The summed E-state index contributed by atoms with van der Waals surface area (Å²) in [5.74, 6) is 0.0365. The molecule has 0 saturated heterocycles. The van der Waals surface area contributed by atoms with Gasteiger partial charge in [-0.3, -0.25) is 4.79 Å². The molecule has 1 atom stereocenters. The SMILES string of the molecule is Cc1ccc([C@@H](NC(=O)CCc2ccc(Cl)cc2)c2ccccc2)cc1. The molecule has 0 aliphatic carbocycles. The van der Waals surface area contributed by atoms with E-state index < -0.39 is 0 Å². The summed E-state index contributed by atoms with van der Waals surface area (Å²) in [5, 5.41) is 3.90. The number of nitrogens with one attached hydrogen (secondary N) is 1. The molecule has 3 aromatic carbocycles. The largest absolute Gasteiger partial charge is 0.345 e. The molecule has 3 rings (SSSR count). The maximum atomic E-state index is 12.6. The normalized spacial score (nSPS) is 11.8. The quantitative estimate of drug-likeness (QED) is 0.616. The van der Waals surface area contributed by atoms with Crippen molar-refractivity contribution >= 4 is 17.5 Å². The van der Waals surface area contributed by atoms with Gasteiger partial charge in [0.15, 0.2) is 0 Å². The Morgan fingerprint density at radius 1 is 0.885 bits per heavy atom. The van der Waals surface area contributed by atoms with Crippen molar-refractivity contribution in [1.29, 1.82) is 0 Å². The van der Waals surface area contributed by atoms with Crippen molar-refractivity contribution in [3.05, 3.63) is 106 Å². The molecule has 0 fully saturated rings. The number of hydrogen-bond donors (Lipinski definition) is 1. The number of carbonyl (C=O) groups excluding carboxylic acids is 1. The van der Waals surface area contributed by atoms with E-state index >= 15 is 0 Å². The van der Waals surface area contributed by atoms with Gasteiger partial charge in [0.1, 0.15) is 0 Å². The Morgan fingerprint density at radius 2 is 1.50 bits per heavy atom. The van der Waals surface area contributed by atoms with Crippen LogP contribution in [0.1, 0.15) is 34.7 Å². The van der Waals surface area contributed by atoms with Crippen LogP contribution < -0.4 is 5.32 Å². The molecular formula is C23H22ClNO. The van der Waals surface area contributed by atoms with Crippen molar-refractivity contribution in [2.75, 3.05) is 0 Å². The van der Waals surface area contributed by atoms with Crippen molar-refractivity contribution in [3.63, 3.8) is 0 Å². The van der Waals surface area contributed by atoms with Crippen LogP contribution in [0.15, 0.2) is 78.9 Å². The summed E-state index contributed by atoms with van der Waals surface area (Å²) in [7, 11) is 0. The van der Waals surface area contributed by atoms with Crippen LogP contribution in [0.2, 0.25) is 5.02 Å². The topological polar surface area (TPSA) is 29.1 Å². The minimum absolute atomic E-state index is 0.0365. The second-order valence-corrected chi connectivity index (χ2v) is 6.88. The predicted molar refractivity (Wildman–Crippen MR) is 107 cm³/mol. The molecule has 0 aliphatic rings. The van der Waals surface area contributed by atoms with Crippen molar-refractivity contribution in [3.8, 4) is 0 Å². The van der Waals surface area contributed by atoms with Crippen LogP contribution in [0, 0.1) is 6.92 Å². The van der Waals surface area contributed by atoms with Gasteiger partial charge in [-0.15, -0.1) is 0 Å². The van der Waals surface area contributed by atoms with Gasteiger partial charge >= 0.3 is 0 Å². The molecule has 0 aromatic heterocycles. The Labute approximate surface area is 159 Å². The van der Waals surface area contributed by atoms with E-state index in [0.717, 1.165) is 16.7 Å². The van der Waals surface area contributed by atoms with Gasteiger partial charge in [-0.1, -0.05) is 83.9 Å². The van der Waals surface area contributed by atoms with Crippen molar-refractivity contribution < 1.29 is 4.79 Å². The third-order valence-electron chi connectivity index (χ3n) is 4.40. The maximum Gasteiger partial charge on any atom is 0.221 e. The van der Waals surface area contributed by atoms with Crippen LogP contribution in [0.3, 0.4) is 0 Å². The summed E-state index contributed by atoms with van der Waals surface area (Å²) < 4.78 is 0. The number of halogens is 1. The molecule has 26 heavy (non-hydrogen) atoms. The van der Waals surface area contributed by atoms with Gasteiger partial charge in [0, 0.05) is 11.4 Å². The monoisotopic (exact) mass is 363 g/mol. The minimum Gasteiger partial charge on any atom is -0.345 e. The van der Waals surface area contributed by atoms with Crippen molar-refractivity contribution in [2.24, 2.45) is 0 Å². The minimum atomic E-state index is -0.144. The van der Waals surface area contributed by atoms with Crippen LogP contribution in [-0.2, 0) is 11.2 Å². The molecule has 0 bridgehead atoms. The molecule has 3 aromatic rings. The highest BCUT2D eigenvalue weighted by Gasteiger charge is 2.16. The number of carbonyl (C=O) groups is 1. The Balaban J connectivity index is 1.71. The van der Waals surface area contributed by atoms with Crippen LogP contribution in [0.25, 0.3) is 0 Å². The van der Waals surface area contributed by atoms with Gasteiger partial charge in [-0.25, -0.2) is 0 Å². The van der Waals surface area contributed by atoms with Gasteiger partial charge in [0.05, 0.1) is 6.04 Å². The average Bonchev–Trinajstić information content (AvgIpc) is 2.67. The molecule has 0 saturated carbocycles. The van der Waals surface area contributed by atoms with Gasteiger partial charge in [-0.05, 0) is 42.2 Å². The first-order valence-electron chi connectivity index (χ1n) is 8.77. The molecule has 2 nitrogen and oxygen atoms in total. The lowest BCUT2D eigenvalue weighted by atomic mass is 9.97. The Hall–Kier alpha value is -2.58. The first-order valence-corrected chi connectivity index (χ1v) is 9.15. The van der Waals surface area contributed by atoms with E-state index in [0.29, 0.717) is 17.9 Å². The number of benzene rings is 3. The zero-order chi connectivity index (χ0) is 18.4. The fourth-order valence-electron chi connectivity index (χ4n) is 2.91. The molecule has 0 aliphatic heterocycles. The summed E-state index contributed by atoms with van der Waals surface area (Å²) in [5.41, 5.74) is 4.48. The van der Waals surface area contributed by atoms with Gasteiger partial charge < -0.3 is 5.32 Å². The molecule has 3 heteroatoms. The lowest BCUT2D eigenvalue weighted by Crippen LogP contribution is -2.29. The molecule has 0 spiro atoms. The summed E-state index contributed by atoms with van der Waals surface area (Å²) in [6, 6.07) is 25.9. The number of rotatable bonds is 6. The van der Waals surface area contributed by atoms with Crippen molar-refractivity contribution in [1.82, 2.24) is 5.32 Å². The number of aryl methyl sites for hydroxylation is 2. The number of amides is 1. The van der Waals surface area contributed by atoms with E-state index in [4.69, 9.17) is 11.6 Å². The summed E-state index contributed by atoms with van der Waals surface area (Å²) in [6.07, 6.45) is 1.13. The Bertz CT molecular complexity index is 842. The summed E-state index contributed by atoms with van der Waals surface area (Å²) in [6.45, 7) is 2.06. The van der Waals surface area contributed by atoms with Crippen molar-refractivity contribution in [2.45, 2.75) is 25.8 Å². The highest BCUT2D eigenvalue weighted by atomic mass is 35.5. The lowest BCUT2D eigenvalue weighted by molar-refractivity contribution is -0.121. The molecule has 132 valence electrons. The standard InChI is InChI=1S/C23H22ClNO/c1-17-7-12-20(13-8-17)23(19-5-3-2-4-6-19)25-22(26)16-11-18-9-14-21(24)15-10-18/h2-10,12-15,23H,11,16H2,1H3,(H,25,26)/t23-/m0/s1. The third-order valence-corrected chi connectivity index (χ3v) is 4.65. The van der Waals surface area contributed by atoms with E-state index in [-0.39, 0.29) is 11.9 Å². The second kappa shape index (κ2) is 8.68. The first-order chi connectivity index (χ1) is 12.6. The lowest BCUT2D eigenvalue weighted by Gasteiger charge is -2.20. The van der Waals surface area contributed by atoms with E-state index in [1.54, 1.807) is 0 Å². The van der Waals surface area contributed by atoms with E-state index in [1.807, 2.05) is 54.6 Å². The summed E-state index contributed by atoms with van der Waals surface area (Å²) in [4.78, 5) is 12.6. The fourth-order valence-corrected chi connectivity index (χ4v) is 3.03. The first kappa shape index (κ1) is 18.2. The maximum absolute atomic E-state index is 12.6. The molecule has 1 amide bonds. The van der Waals surface area contributed by atoms with Crippen LogP contribution in [0.4, 0.5) is 0 Å². The highest BCUT2D eigenvalue weighted by Crippen LogP contribution is 2.22. The average molecular weight is 364 g/mol. The van der Waals surface area contributed by atoms with Gasteiger partial charge in [-0.2, -0.15) is 0 Å². The third kappa shape index (κ3) is 4.96. The van der Waals surface area contributed by atoms with Gasteiger partial charge in [0.25, 0.3) is 0 Å². The van der Waals surface area contributed by atoms with E-state index in [2.05, 4.69) is 36.5 Å². The van der Waals surface area contributed by atoms with E-state index in [1.165, 1.54) is 5.56 Å². The van der Waals surface area contributed by atoms with Crippen LogP contribution in [-0.4, -0.2) is 5.91 Å². The van der Waals surface area contributed by atoms with E-state index in [9.17, 15) is 4.79 Å². The molecule has 0 radical (unpaired) electrons. The smallest absolute Gasteiger partial charge is 0.221 e. The highest BCUT2D eigenvalue weighted by molar-refractivity contribution is 6.30. The molecule has 0 heterocycles. The van der Waals surface area contributed by atoms with Gasteiger partial charge in [0.2, 0.25) is 5.91 Å². The summed E-state index contributed by atoms with van der Waals surface area (Å²) >= 11 is 5.91. The molecule has 0 unspecified atom stereocenters. The fraction of sp³-hybridized carbons (Fsp3) is 0.174. The Morgan fingerprint density at radius 3 is 2.15 bits per heavy atom. The predicted octanol–water partition coefficient (Wildman–Crippen LogP) is 5.49. The number of hydrogen-bond acceptors (Lipinski definition) is 1.